The van der Waals surface area contributed by atoms with Crippen LogP contribution in [0.3, 0.4) is 0 Å². The summed E-state index contributed by atoms with van der Waals surface area (Å²) in [5.74, 6) is 0. The predicted octanol–water partition coefficient (Wildman–Crippen LogP) is -4.76. The van der Waals surface area contributed by atoms with E-state index in [1.807, 2.05) is 0 Å². The van der Waals surface area contributed by atoms with Crippen molar-refractivity contribution in [1.82, 2.24) is 0 Å². The van der Waals surface area contributed by atoms with E-state index in [4.69, 9.17) is 60.6 Å². The van der Waals surface area contributed by atoms with Crippen LogP contribution in [0.2, 0.25) is 0 Å². The molecule has 13 nitrogen and oxygen atoms in total. The molecule has 0 heterocycles. The van der Waals surface area contributed by atoms with Gasteiger partial charge in [0.2, 0.25) is 0 Å². The molecule has 0 aliphatic carbocycles. The van der Waals surface area contributed by atoms with Gasteiger partial charge in [-0.3, -0.25) is 60.6 Å². The van der Waals surface area contributed by atoms with E-state index < -0.39 is 0 Å². The Morgan fingerprint density at radius 3 is 0.111 bits per heavy atom. The van der Waals surface area contributed by atoms with E-state index in [0.29, 0.717) is 0 Å². The molecule has 0 radical (unpaired) electrons. The van der Waals surface area contributed by atoms with Gasteiger partial charge >= 0.3 is 296 Å². The Bertz CT molecular complexity index is 56.7. The van der Waals surface area contributed by atoms with Crippen molar-refractivity contribution >= 4 is 450 Å². The fourth-order valence-electron chi connectivity index (χ4n) is 0. The van der Waals surface area contributed by atoms with Crippen LogP contribution in [-0.2, 0) is 0 Å². The maximum atomic E-state index is 6.47. The molecule has 13 N–H and O–H groups in total. The molecule has 0 aromatic rings. The first-order valence-corrected chi connectivity index (χ1v) is 6.59. The van der Waals surface area contributed by atoms with Gasteiger partial charge in [0.1, 0.15) is 0 Å². The van der Waals surface area contributed by atoms with Gasteiger partial charge in [-0.05, 0) is 0 Å². The molecule has 36 heavy (non-hydrogen) atoms. The van der Waals surface area contributed by atoms with E-state index in [0.717, 1.165) is 0 Å². The molecule has 0 aromatic carbocycles. The summed E-state index contributed by atoms with van der Waals surface area (Å²) in [7, 11) is 0. The van der Waals surface area contributed by atoms with Gasteiger partial charge in [0.25, 0.3) is 0 Å². The molecule has 0 saturated carbocycles. The van der Waals surface area contributed by atoms with Crippen LogP contribution in [0.1, 0.15) is 0 Å². The molecule has 0 unspecified atom stereocenters. The zero-order chi connectivity index (χ0) is 26.0. The van der Waals surface area contributed by atoms with Gasteiger partial charge in [-0.1, -0.05) is 0 Å². The van der Waals surface area contributed by atoms with Crippen molar-refractivity contribution in [1.29, 1.82) is 0 Å². The average molecular weight is 922 g/mol. The van der Waals surface area contributed by atoms with E-state index in [-0.39, 0.29) is 296 Å². The summed E-state index contributed by atoms with van der Waals surface area (Å²) in [6.45, 7) is 0. The van der Waals surface area contributed by atoms with Crippen LogP contribution >= 0.6 is 154 Å². The topological polar surface area (TPSA) is 263 Å². The summed E-state index contributed by atoms with van der Waals surface area (Å²) in [6.07, 6.45) is 0. The molecule has 0 aliphatic heterocycles. The molecule has 0 bridgehead atoms. The summed E-state index contributed by atoms with van der Waals surface area (Å²) in [5.41, 5.74) is 0. The first-order chi connectivity index (χ1) is 13.0. The molecule has 0 fully saturated rings. The van der Waals surface area contributed by atoms with Gasteiger partial charge in [-0.2, -0.15) is 0 Å². The Morgan fingerprint density at radius 1 is 0.111 bits per heavy atom. The maximum absolute atomic E-state index is 6.47. The monoisotopic (exact) mass is 916 g/mol. The number of rotatable bonds is 0. The molecule has 36 heteroatoms. The Morgan fingerprint density at radius 2 is 0.111 bits per heavy atom. The Kier molecular flexibility index (Phi) is 2840. The third kappa shape index (κ3) is 576. The molecule has 0 aliphatic rings. The van der Waals surface area contributed by atoms with Gasteiger partial charge in [-0.15, -0.1) is 0 Å². The normalized spacial score (nSPS) is 2.17. The molecule has 0 atom stereocenters. The second-order valence-corrected chi connectivity index (χ2v) is 0. The second kappa shape index (κ2) is 614. The fourth-order valence-corrected chi connectivity index (χ4v) is 0. The van der Waals surface area contributed by atoms with Crippen LogP contribution in [-0.4, -0.2) is 356 Å². The van der Waals surface area contributed by atoms with Crippen LogP contribution in [0, 0.1) is 0 Å². The SMILES string of the molecule is OCl.OCl.OCl.OCl.OCl.OCl.OCl.OCl.OCl.OCl.OCl.OCl.OCl.[NaH].[NaH].[NaH].[NaH].[NaH].[NaH].[NaH].[NaH].[NaH].[NaH]. The van der Waals surface area contributed by atoms with Crippen molar-refractivity contribution in [3.8, 4) is 0 Å². The standard InChI is InChI=1S/13ClHO.10Na.10H/c13*1-2;;;;;;;;;;;;;;;;;;;;/h13*2H;;;;;;;;;;;;;;;;;;;;. The summed E-state index contributed by atoms with van der Waals surface area (Å²) in [4.78, 5) is 0. The van der Waals surface area contributed by atoms with Gasteiger partial charge in [-0.25, -0.2) is 0 Å². The molecule has 0 spiro atoms. The molecule has 0 aromatic heterocycles. The molecule has 0 saturated heterocycles. The molecule has 202 valence electrons. The zero-order valence-corrected chi connectivity index (χ0v) is 20.6. The van der Waals surface area contributed by atoms with Crippen molar-refractivity contribution < 1.29 is 60.6 Å². The van der Waals surface area contributed by atoms with Crippen molar-refractivity contribution in [3.63, 3.8) is 0 Å². The van der Waals surface area contributed by atoms with Gasteiger partial charge in [0.05, 0.1) is 154 Å². The Balaban J connectivity index is -0.00000000237. The predicted molar refractivity (Wildman–Crippen MR) is 176 cm³/mol. The van der Waals surface area contributed by atoms with Crippen molar-refractivity contribution in [2.24, 2.45) is 0 Å². The van der Waals surface area contributed by atoms with Crippen LogP contribution in [0.25, 0.3) is 0 Å². The third-order valence-corrected chi connectivity index (χ3v) is 0. The van der Waals surface area contributed by atoms with Crippen molar-refractivity contribution in [2.45, 2.75) is 0 Å². The van der Waals surface area contributed by atoms with Gasteiger partial charge in [0, 0.05) is 0 Å². The van der Waals surface area contributed by atoms with Crippen molar-refractivity contribution in [2.75, 3.05) is 0 Å². The Labute approximate surface area is 497 Å². The molecule has 0 rings (SSSR count). The van der Waals surface area contributed by atoms with E-state index in [1.165, 1.54) is 0 Å². The zero-order valence-electron chi connectivity index (χ0n) is 10.7. The first kappa shape index (κ1) is 166. The van der Waals surface area contributed by atoms with E-state index >= 15 is 0 Å². The summed E-state index contributed by atoms with van der Waals surface area (Å²) < 4.78 is 84.1. The summed E-state index contributed by atoms with van der Waals surface area (Å²) in [5, 5.41) is 0. The van der Waals surface area contributed by atoms with Crippen LogP contribution in [0.5, 0.6) is 0 Å². The molecule has 0 amide bonds. The number of hydrogen-bond donors (Lipinski definition) is 13. The average Bonchev–Trinajstić information content (AvgIpc) is 2.90. The number of halogens is 13. The molecular weight excluding hydrogens is 899 g/mol. The van der Waals surface area contributed by atoms with Crippen LogP contribution in [0.15, 0.2) is 0 Å². The van der Waals surface area contributed by atoms with Crippen LogP contribution < -0.4 is 0 Å². The minimum atomic E-state index is 0. The van der Waals surface area contributed by atoms with Crippen LogP contribution in [0.4, 0.5) is 0 Å². The van der Waals surface area contributed by atoms with E-state index in [2.05, 4.69) is 154 Å². The summed E-state index contributed by atoms with van der Waals surface area (Å²) in [6, 6.07) is 0. The first-order valence-electron chi connectivity index (χ1n) is 2.20. The summed E-state index contributed by atoms with van der Waals surface area (Å²) >= 11 is 47.3. The second-order valence-electron chi connectivity index (χ2n) is 0. The minimum absolute atomic E-state index is 0. The van der Waals surface area contributed by atoms with Crippen molar-refractivity contribution in [3.05, 3.63) is 0 Å². The molecular formula is H23Cl13Na10O13. The fraction of sp³-hybridized carbons (Fsp3) is 0. The van der Waals surface area contributed by atoms with E-state index in [9.17, 15) is 0 Å². The Hall–Kier alpha value is 13.2. The van der Waals surface area contributed by atoms with Gasteiger partial charge in [0.15, 0.2) is 0 Å². The van der Waals surface area contributed by atoms with E-state index in [1.54, 1.807) is 0 Å². The van der Waals surface area contributed by atoms with Gasteiger partial charge < -0.3 is 0 Å². The number of hydrogen-bond acceptors (Lipinski definition) is 13. The third-order valence-electron chi connectivity index (χ3n) is 0. The quantitative estimate of drug-likeness (QED) is 0.102.